The number of sulfonamides is 1. The second kappa shape index (κ2) is 10.1. The largest absolute Gasteiger partial charge is 0.475 e. The number of aliphatic hydroxyl groups excluding tert-OH is 1. The van der Waals surface area contributed by atoms with E-state index in [9.17, 15) is 23.9 Å². The highest BCUT2D eigenvalue weighted by atomic mass is 32.2. The molecule has 0 spiro atoms. The summed E-state index contributed by atoms with van der Waals surface area (Å²) in [6.07, 6.45) is 2.55. The summed E-state index contributed by atoms with van der Waals surface area (Å²) in [5, 5.41) is 38.2. The molecular weight excluding hydrogens is 470 g/mol. The number of nitrogens with two attached hydrogens (primary N) is 1. The molecule has 0 saturated heterocycles. The van der Waals surface area contributed by atoms with Crippen molar-refractivity contribution >= 4 is 10.0 Å². The van der Waals surface area contributed by atoms with E-state index in [1.807, 2.05) is 27.7 Å². The van der Waals surface area contributed by atoms with E-state index in [1.54, 1.807) is 30.5 Å². The molecule has 3 rings (SSSR count). The summed E-state index contributed by atoms with van der Waals surface area (Å²) in [5.74, 6) is 0.365. The van der Waals surface area contributed by atoms with Gasteiger partial charge < -0.3 is 14.9 Å². The highest BCUT2D eigenvalue weighted by molar-refractivity contribution is 7.89. The molecule has 186 valence electrons. The molecule has 0 atom stereocenters. The Labute approximate surface area is 204 Å². The Morgan fingerprint density at radius 2 is 1.97 bits per heavy atom. The number of hydrogen-bond donors (Lipinski definition) is 3. The van der Waals surface area contributed by atoms with Crippen molar-refractivity contribution in [1.82, 2.24) is 14.8 Å². The van der Waals surface area contributed by atoms with Gasteiger partial charge in [-0.2, -0.15) is 10.4 Å². The van der Waals surface area contributed by atoms with Gasteiger partial charge in [0.2, 0.25) is 15.9 Å². The first-order chi connectivity index (χ1) is 16.3. The van der Waals surface area contributed by atoms with Gasteiger partial charge in [-0.05, 0) is 60.2 Å². The van der Waals surface area contributed by atoms with Crippen molar-refractivity contribution in [2.24, 2.45) is 5.14 Å². The zero-order valence-electron chi connectivity index (χ0n) is 20.0. The van der Waals surface area contributed by atoms with Crippen LogP contribution in [0, 0.1) is 11.3 Å². The van der Waals surface area contributed by atoms with Crippen LogP contribution in [0.2, 0.25) is 0 Å². The zero-order chi connectivity index (χ0) is 26.0. The molecule has 0 aliphatic rings. The maximum atomic E-state index is 11.6. The number of ether oxygens (including phenoxy) is 1. The lowest BCUT2D eigenvalue weighted by Gasteiger charge is -2.25. The van der Waals surface area contributed by atoms with E-state index < -0.39 is 21.9 Å². The summed E-state index contributed by atoms with van der Waals surface area (Å²) < 4.78 is 30.5. The van der Waals surface area contributed by atoms with Crippen LogP contribution in [-0.4, -0.2) is 46.3 Å². The molecule has 35 heavy (non-hydrogen) atoms. The van der Waals surface area contributed by atoms with Gasteiger partial charge in [-0.1, -0.05) is 13.8 Å². The third-order valence-electron chi connectivity index (χ3n) is 5.55. The van der Waals surface area contributed by atoms with Crippen molar-refractivity contribution in [3.05, 3.63) is 59.5 Å². The van der Waals surface area contributed by atoms with Crippen molar-refractivity contribution < 1.29 is 23.4 Å². The molecular formula is C24H29N5O5S. The van der Waals surface area contributed by atoms with Crippen molar-refractivity contribution in [3.63, 3.8) is 0 Å². The molecule has 0 radical (unpaired) electrons. The van der Waals surface area contributed by atoms with E-state index in [1.165, 1.54) is 17.1 Å². The quantitative estimate of drug-likeness (QED) is 0.377. The molecule has 0 amide bonds. The highest BCUT2D eigenvalue weighted by Crippen LogP contribution is 2.34. The first kappa shape index (κ1) is 26.3. The molecule has 11 heteroatoms. The smallest absolute Gasteiger partial charge is 0.241 e. The van der Waals surface area contributed by atoms with E-state index in [0.29, 0.717) is 22.6 Å². The van der Waals surface area contributed by atoms with E-state index in [2.05, 4.69) is 16.2 Å². The number of aromatic nitrogens is 3. The second-order valence-corrected chi connectivity index (χ2v) is 10.8. The van der Waals surface area contributed by atoms with E-state index in [0.717, 1.165) is 11.1 Å². The van der Waals surface area contributed by atoms with E-state index >= 15 is 0 Å². The minimum Gasteiger partial charge on any atom is -0.475 e. The average Bonchev–Trinajstić information content (AvgIpc) is 3.30. The van der Waals surface area contributed by atoms with Crippen LogP contribution in [0.15, 0.2) is 47.8 Å². The molecule has 10 nitrogen and oxygen atoms in total. The minimum atomic E-state index is -3.87. The summed E-state index contributed by atoms with van der Waals surface area (Å²) >= 11 is 0. The third kappa shape index (κ3) is 6.23. The predicted molar refractivity (Wildman–Crippen MR) is 129 cm³/mol. The SMILES string of the molecule is CC(C)c1cc(C#N)cc(-c2ccnc(OCC(C)(C)n3cc(S(N)(=O)=O)cn3)c2)c1CC(O)O. The molecule has 4 N–H and O–H groups in total. The number of pyridine rings is 1. The maximum Gasteiger partial charge on any atom is 0.241 e. The molecule has 0 saturated carbocycles. The van der Waals surface area contributed by atoms with Crippen molar-refractivity contribution in [3.8, 4) is 23.1 Å². The lowest BCUT2D eigenvalue weighted by molar-refractivity contribution is -0.0382. The number of nitrogens with zero attached hydrogens (tertiary/aromatic N) is 4. The van der Waals surface area contributed by atoms with Gasteiger partial charge in [0.25, 0.3) is 0 Å². The van der Waals surface area contributed by atoms with Crippen LogP contribution in [0.3, 0.4) is 0 Å². The van der Waals surface area contributed by atoms with Crippen LogP contribution in [0.1, 0.15) is 50.3 Å². The Morgan fingerprint density at radius 3 is 2.54 bits per heavy atom. The Morgan fingerprint density at radius 1 is 1.26 bits per heavy atom. The summed E-state index contributed by atoms with van der Waals surface area (Å²) in [6.45, 7) is 7.72. The second-order valence-electron chi connectivity index (χ2n) is 9.19. The summed E-state index contributed by atoms with van der Waals surface area (Å²) in [6, 6.07) is 9.13. The third-order valence-corrected chi connectivity index (χ3v) is 6.42. The van der Waals surface area contributed by atoms with Gasteiger partial charge in [-0.25, -0.2) is 18.5 Å². The average molecular weight is 500 g/mol. The molecule has 0 aliphatic heterocycles. The Kier molecular flexibility index (Phi) is 7.62. The zero-order valence-corrected chi connectivity index (χ0v) is 20.8. The molecule has 0 unspecified atom stereocenters. The molecule has 0 bridgehead atoms. The van der Waals surface area contributed by atoms with Gasteiger partial charge in [0, 0.05) is 24.9 Å². The first-order valence-electron chi connectivity index (χ1n) is 10.9. The van der Waals surface area contributed by atoms with Crippen molar-refractivity contribution in [2.75, 3.05) is 6.61 Å². The van der Waals surface area contributed by atoms with Crippen LogP contribution >= 0.6 is 0 Å². The van der Waals surface area contributed by atoms with E-state index in [4.69, 9.17) is 9.88 Å². The number of primary sulfonamides is 1. The molecule has 2 aromatic heterocycles. The standard InChI is InChI=1S/C24H29N5O5S/c1-15(2)19-7-16(11-25)8-20(21(19)10-23(30)31)17-5-6-27-22(9-17)34-14-24(3,4)29-13-18(12-28-29)35(26,32)33/h5-9,12-13,15,23,30-31H,10,14H2,1-4H3,(H2,26,32,33). The van der Waals surface area contributed by atoms with Crippen LogP contribution in [0.5, 0.6) is 5.88 Å². The maximum absolute atomic E-state index is 11.6. The minimum absolute atomic E-state index is 0.00574. The van der Waals surface area contributed by atoms with Crippen LogP contribution in [0.4, 0.5) is 0 Å². The lowest BCUT2D eigenvalue weighted by atomic mass is 9.87. The summed E-state index contributed by atoms with van der Waals surface area (Å²) in [5.41, 5.74) is 2.73. The van der Waals surface area contributed by atoms with Gasteiger partial charge in [0.05, 0.1) is 23.4 Å². The van der Waals surface area contributed by atoms with Gasteiger partial charge in [-0.3, -0.25) is 4.68 Å². The molecule has 1 aromatic carbocycles. The summed E-state index contributed by atoms with van der Waals surface area (Å²) in [4.78, 5) is 4.17. The van der Waals surface area contributed by atoms with Crippen molar-refractivity contribution in [1.29, 1.82) is 5.26 Å². The fraction of sp³-hybridized carbons (Fsp3) is 0.375. The van der Waals surface area contributed by atoms with E-state index in [-0.39, 0.29) is 23.8 Å². The predicted octanol–water partition coefficient (Wildman–Crippen LogP) is 2.25. The van der Waals surface area contributed by atoms with Crippen LogP contribution < -0.4 is 9.88 Å². The molecule has 0 fully saturated rings. The molecule has 3 aromatic rings. The van der Waals surface area contributed by atoms with Crippen molar-refractivity contribution in [2.45, 2.75) is 56.8 Å². The fourth-order valence-electron chi connectivity index (χ4n) is 3.70. The Bertz CT molecular complexity index is 1360. The number of hydrogen-bond acceptors (Lipinski definition) is 8. The van der Waals surface area contributed by atoms with Gasteiger partial charge >= 0.3 is 0 Å². The Balaban J connectivity index is 1.94. The van der Waals surface area contributed by atoms with Crippen LogP contribution in [-0.2, 0) is 22.0 Å². The first-order valence-corrected chi connectivity index (χ1v) is 12.5. The number of rotatable bonds is 9. The Hall–Kier alpha value is -3.30. The highest BCUT2D eigenvalue weighted by Gasteiger charge is 2.25. The van der Waals surface area contributed by atoms with Crippen LogP contribution in [0.25, 0.3) is 11.1 Å². The topological polar surface area (TPSA) is 164 Å². The number of nitriles is 1. The van der Waals surface area contributed by atoms with Gasteiger partial charge in [0.1, 0.15) is 11.5 Å². The molecule has 0 aliphatic carbocycles. The van der Waals surface area contributed by atoms with Gasteiger partial charge in [-0.15, -0.1) is 0 Å². The van der Waals surface area contributed by atoms with Gasteiger partial charge in [0.15, 0.2) is 6.29 Å². The normalized spacial score (nSPS) is 12.2. The monoisotopic (exact) mass is 499 g/mol. The summed E-state index contributed by atoms with van der Waals surface area (Å²) in [7, 11) is -3.87. The number of aliphatic hydroxyl groups is 2. The number of benzene rings is 1. The lowest BCUT2D eigenvalue weighted by Crippen LogP contribution is -2.34. The fourth-order valence-corrected chi connectivity index (χ4v) is 4.14. The molecule has 2 heterocycles.